The standard InChI is InChI=1S/C23H19FN4O.C18H16ClN3O/c24-17-9-12(3-8-25-17)16-10-15-13(11-26-16)1-2-14-18-20(27-19(14)15)22(4-5-22)23(6-7-23)28-21(18)29;19-12-7-11-9(8-20-12)1-2-10-13-15(21-14(10)11)17(3-4-17)18(5-6-18)22-16(13)23/h3,8-11,27H,1-2,4-7H2,(H,28,29);7-8,21H,1-6H2,(H,22,23). The lowest BCUT2D eigenvalue weighted by atomic mass is 9.81. The first-order chi connectivity index (χ1) is 25.2. The first-order valence-electron chi connectivity index (χ1n) is 18.7. The first kappa shape index (κ1) is 29.7. The zero-order valence-electron chi connectivity index (χ0n) is 28.4. The molecule has 0 saturated heterocycles. The lowest BCUT2D eigenvalue weighted by Crippen LogP contribution is -2.51. The fourth-order valence-corrected chi connectivity index (χ4v) is 10.9. The molecule has 0 atom stereocenters. The first-order valence-corrected chi connectivity index (χ1v) is 19.0. The lowest BCUT2D eigenvalue weighted by molar-refractivity contribution is 0.0890. The van der Waals surface area contributed by atoms with Crippen molar-refractivity contribution < 1.29 is 14.0 Å². The number of nitrogens with zero attached hydrogens (tertiary/aromatic N) is 3. The predicted molar refractivity (Wildman–Crippen MR) is 192 cm³/mol. The summed E-state index contributed by atoms with van der Waals surface area (Å²) in [6, 6.07) is 7.13. The van der Waals surface area contributed by atoms with Crippen molar-refractivity contribution in [2.24, 2.45) is 0 Å². The number of pyridine rings is 3. The summed E-state index contributed by atoms with van der Waals surface area (Å²) in [7, 11) is 0. The van der Waals surface area contributed by atoms with E-state index in [1.165, 1.54) is 47.5 Å². The number of H-pyrrole nitrogens is 2. The molecule has 0 aromatic carbocycles. The number of aryl methyl sites for hydroxylation is 2. The van der Waals surface area contributed by atoms with Gasteiger partial charge in [-0.1, -0.05) is 11.6 Å². The number of amides is 2. The van der Waals surface area contributed by atoms with Gasteiger partial charge in [0, 0.05) is 63.6 Å². The number of fused-ring (bicyclic) bond motifs is 14. The second-order valence-electron chi connectivity index (χ2n) is 16.5. The number of carbonyl (C=O) groups is 2. The number of nitrogens with one attached hydrogen (secondary N) is 4. The summed E-state index contributed by atoms with van der Waals surface area (Å²) in [5, 5.41) is 7.22. The Morgan fingerprint density at radius 3 is 1.71 bits per heavy atom. The highest BCUT2D eigenvalue weighted by molar-refractivity contribution is 6.29. The molecule has 2 amide bonds. The molecule has 4 fully saturated rings. The molecule has 4 saturated carbocycles. The van der Waals surface area contributed by atoms with Crippen LogP contribution in [0.25, 0.3) is 33.8 Å². The van der Waals surface area contributed by atoms with Crippen LogP contribution in [0.5, 0.6) is 0 Å². The van der Waals surface area contributed by atoms with E-state index in [-0.39, 0.29) is 33.7 Å². The van der Waals surface area contributed by atoms with E-state index in [0.29, 0.717) is 10.7 Å². The molecule has 0 bridgehead atoms. The minimum Gasteiger partial charge on any atom is -0.357 e. The number of carbonyl (C=O) groups excluding carboxylic acids is 2. The number of halogens is 2. The van der Waals surface area contributed by atoms with Gasteiger partial charge >= 0.3 is 0 Å². The van der Waals surface area contributed by atoms with Crippen molar-refractivity contribution in [2.45, 2.75) is 99.0 Å². The number of hydrogen-bond acceptors (Lipinski definition) is 5. The summed E-state index contributed by atoms with van der Waals surface area (Å²) in [6.07, 6.45) is 17.8. The fraction of sp³-hybridized carbons (Fsp3) is 0.390. The van der Waals surface area contributed by atoms with Crippen molar-refractivity contribution in [1.29, 1.82) is 0 Å². The molecular weight excluding hydrogens is 677 g/mol. The maximum Gasteiger partial charge on any atom is 0.253 e. The zero-order valence-corrected chi connectivity index (χ0v) is 29.2. The quantitative estimate of drug-likeness (QED) is 0.142. The molecule has 5 aromatic heterocycles. The largest absolute Gasteiger partial charge is 0.357 e. The molecule has 7 heterocycles. The fourth-order valence-electron chi connectivity index (χ4n) is 10.7. The smallest absolute Gasteiger partial charge is 0.253 e. The zero-order chi connectivity index (χ0) is 34.8. The second-order valence-corrected chi connectivity index (χ2v) is 16.8. The average Bonchev–Trinajstić information content (AvgIpc) is 3.96. The SMILES string of the molecule is O=C1NC2(CC2)C2(CC2)c2[nH]c3c(c21)CCc1cnc(-c2ccnc(F)c2)cc1-3.O=C1NC2(CC2)C2(CC2)c2[nH]c3c(c21)CCc1cnc(Cl)cc1-3. The molecule has 11 heteroatoms. The maximum atomic E-state index is 13.6. The molecule has 0 unspecified atom stereocenters. The summed E-state index contributed by atoms with van der Waals surface area (Å²) in [5.74, 6) is -0.308. The van der Waals surface area contributed by atoms with Crippen LogP contribution in [0.4, 0.5) is 4.39 Å². The molecule has 52 heavy (non-hydrogen) atoms. The van der Waals surface area contributed by atoms with Crippen LogP contribution in [0.2, 0.25) is 5.15 Å². The Kier molecular flexibility index (Phi) is 5.47. The van der Waals surface area contributed by atoms with Crippen LogP contribution in [-0.4, -0.2) is 47.8 Å². The van der Waals surface area contributed by atoms with Crippen LogP contribution < -0.4 is 10.6 Å². The van der Waals surface area contributed by atoms with Gasteiger partial charge in [-0.25, -0.2) is 9.97 Å². The molecule has 4 N–H and O–H groups in total. The molecule has 260 valence electrons. The van der Waals surface area contributed by atoms with E-state index in [1.807, 2.05) is 24.5 Å². The molecule has 5 aromatic rings. The van der Waals surface area contributed by atoms with Gasteiger partial charge in [0.25, 0.3) is 11.8 Å². The van der Waals surface area contributed by atoms with E-state index in [0.717, 1.165) is 115 Å². The maximum absolute atomic E-state index is 13.6. The van der Waals surface area contributed by atoms with Gasteiger partial charge in [-0.05, 0) is 118 Å². The van der Waals surface area contributed by atoms with Crippen LogP contribution >= 0.6 is 11.6 Å². The van der Waals surface area contributed by atoms with E-state index in [2.05, 4.69) is 35.6 Å². The summed E-state index contributed by atoms with van der Waals surface area (Å²) in [6.45, 7) is 0. The van der Waals surface area contributed by atoms with Gasteiger partial charge in [0.15, 0.2) is 0 Å². The van der Waals surface area contributed by atoms with Crippen LogP contribution in [0.15, 0.2) is 42.9 Å². The number of hydrogen-bond donors (Lipinski definition) is 4. The van der Waals surface area contributed by atoms with E-state index in [4.69, 9.17) is 11.6 Å². The molecular formula is C41H35ClFN7O2. The minimum absolute atomic E-state index is 0.00860. The highest BCUT2D eigenvalue weighted by atomic mass is 35.5. The normalized spacial score (nSPS) is 22.5. The number of aromatic amines is 2. The van der Waals surface area contributed by atoms with Crippen molar-refractivity contribution in [2.75, 3.05) is 0 Å². The van der Waals surface area contributed by atoms with Crippen molar-refractivity contribution in [3.8, 4) is 33.8 Å². The Morgan fingerprint density at radius 2 is 1.19 bits per heavy atom. The minimum atomic E-state index is -0.514. The van der Waals surface area contributed by atoms with Gasteiger partial charge in [-0.3, -0.25) is 14.6 Å². The lowest BCUT2D eigenvalue weighted by Gasteiger charge is -2.33. The van der Waals surface area contributed by atoms with Gasteiger partial charge in [0.2, 0.25) is 5.95 Å². The third-order valence-electron chi connectivity index (χ3n) is 13.9. The summed E-state index contributed by atoms with van der Waals surface area (Å²) < 4.78 is 13.6. The second kappa shape index (κ2) is 9.58. The Labute approximate surface area is 303 Å². The molecule has 13 rings (SSSR count). The molecule has 6 aliphatic carbocycles. The summed E-state index contributed by atoms with van der Waals surface area (Å²) in [4.78, 5) is 45.6. The van der Waals surface area contributed by atoms with Crippen molar-refractivity contribution >= 4 is 23.4 Å². The van der Waals surface area contributed by atoms with Gasteiger partial charge in [0.05, 0.1) is 39.3 Å². The van der Waals surface area contributed by atoms with E-state index < -0.39 is 5.95 Å². The van der Waals surface area contributed by atoms with E-state index in [9.17, 15) is 14.0 Å². The average molecular weight is 712 g/mol. The Bertz CT molecular complexity index is 2480. The third-order valence-corrected chi connectivity index (χ3v) is 14.2. The highest BCUT2D eigenvalue weighted by Gasteiger charge is 2.72. The number of aromatic nitrogens is 5. The summed E-state index contributed by atoms with van der Waals surface area (Å²) >= 11 is 6.12. The van der Waals surface area contributed by atoms with Crippen LogP contribution in [0.1, 0.15) is 106 Å². The van der Waals surface area contributed by atoms with E-state index in [1.54, 1.807) is 6.07 Å². The van der Waals surface area contributed by atoms with Gasteiger partial charge in [-0.15, -0.1) is 0 Å². The molecule has 0 radical (unpaired) electrons. The molecule has 2 aliphatic heterocycles. The topological polar surface area (TPSA) is 128 Å². The van der Waals surface area contributed by atoms with E-state index >= 15 is 0 Å². The third kappa shape index (κ3) is 3.76. The van der Waals surface area contributed by atoms with Crippen LogP contribution in [0, 0.1) is 5.95 Å². The van der Waals surface area contributed by atoms with Crippen molar-refractivity contribution in [3.05, 3.63) is 98.7 Å². The van der Waals surface area contributed by atoms with Gasteiger partial charge in [-0.2, -0.15) is 4.39 Å². The Balaban J connectivity index is 0.000000121. The molecule has 4 spiro atoms. The predicted octanol–water partition coefficient (Wildman–Crippen LogP) is 6.82. The van der Waals surface area contributed by atoms with Crippen LogP contribution in [-0.2, 0) is 36.5 Å². The highest BCUT2D eigenvalue weighted by Crippen LogP contribution is 2.68. The van der Waals surface area contributed by atoms with Gasteiger partial charge < -0.3 is 20.6 Å². The molecule has 8 aliphatic rings. The number of rotatable bonds is 1. The Morgan fingerprint density at radius 1 is 0.654 bits per heavy atom. The van der Waals surface area contributed by atoms with Crippen molar-refractivity contribution in [1.82, 2.24) is 35.6 Å². The van der Waals surface area contributed by atoms with Gasteiger partial charge in [0.1, 0.15) is 5.15 Å². The van der Waals surface area contributed by atoms with Crippen LogP contribution in [0.3, 0.4) is 0 Å². The summed E-state index contributed by atoms with van der Waals surface area (Å²) in [5.41, 5.74) is 14.9. The Hall–Kier alpha value is -4.83. The monoisotopic (exact) mass is 711 g/mol. The molecule has 9 nitrogen and oxygen atoms in total. The van der Waals surface area contributed by atoms with Crippen molar-refractivity contribution in [3.63, 3.8) is 0 Å².